The van der Waals surface area contributed by atoms with Gasteiger partial charge in [0.2, 0.25) is 0 Å². The highest BCUT2D eigenvalue weighted by atomic mass is 16.5. The lowest BCUT2D eigenvalue weighted by molar-refractivity contribution is 0.122. The van der Waals surface area contributed by atoms with Gasteiger partial charge in [-0.2, -0.15) is 0 Å². The third kappa shape index (κ3) is 3.26. The number of H-pyrrole nitrogens is 1. The normalized spacial score (nSPS) is 21.2. The van der Waals surface area contributed by atoms with Crippen LogP contribution in [0.3, 0.4) is 0 Å². The molecule has 1 aromatic heterocycles. The number of aromatic amines is 1. The Morgan fingerprint density at radius 3 is 3.04 bits per heavy atom. The van der Waals surface area contributed by atoms with E-state index in [0.29, 0.717) is 6.04 Å². The number of anilines is 1. The van der Waals surface area contributed by atoms with Gasteiger partial charge in [-0.25, -0.2) is 4.98 Å². The molecule has 5 heteroatoms. The second kappa shape index (κ2) is 6.72. The summed E-state index contributed by atoms with van der Waals surface area (Å²) in [5, 5.41) is 3.74. The van der Waals surface area contributed by atoms with E-state index in [2.05, 4.69) is 44.5 Å². The molecule has 1 unspecified atom stereocenters. The molecule has 0 saturated carbocycles. The molecule has 1 aromatic carbocycles. The second-order valence-corrected chi connectivity index (χ2v) is 6.38. The fraction of sp³-hybridized carbons (Fsp3) is 0.500. The molecule has 2 heterocycles. The van der Waals surface area contributed by atoms with E-state index in [0.717, 1.165) is 52.1 Å². The van der Waals surface area contributed by atoms with Crippen LogP contribution in [0.25, 0.3) is 0 Å². The Bertz CT molecular complexity index is 648. The Labute approximate surface area is 137 Å². The minimum Gasteiger partial charge on any atom is -0.378 e. The van der Waals surface area contributed by atoms with Gasteiger partial charge in [-0.1, -0.05) is 18.2 Å². The maximum atomic E-state index is 5.48. The van der Waals surface area contributed by atoms with Crippen LogP contribution in [0.15, 0.2) is 30.6 Å². The number of aromatic nitrogens is 2. The van der Waals surface area contributed by atoms with Gasteiger partial charge in [0.15, 0.2) is 0 Å². The number of para-hydroxylation sites is 1. The van der Waals surface area contributed by atoms with E-state index in [9.17, 15) is 0 Å². The Hall–Kier alpha value is -1.85. The zero-order chi connectivity index (χ0) is 15.5. The average Bonchev–Trinajstić information content (AvgIpc) is 3.09. The maximum Gasteiger partial charge on any atom is 0.0925 e. The number of morpholine rings is 1. The van der Waals surface area contributed by atoms with Crippen LogP contribution in [0.2, 0.25) is 0 Å². The van der Waals surface area contributed by atoms with E-state index >= 15 is 0 Å². The highest BCUT2D eigenvalue weighted by molar-refractivity contribution is 5.53. The average molecular weight is 312 g/mol. The van der Waals surface area contributed by atoms with Crippen molar-refractivity contribution in [1.29, 1.82) is 0 Å². The number of rotatable bonds is 4. The lowest BCUT2D eigenvalue weighted by atomic mass is 9.96. The highest BCUT2D eigenvalue weighted by Gasteiger charge is 2.21. The van der Waals surface area contributed by atoms with Crippen LogP contribution in [0.1, 0.15) is 23.4 Å². The summed E-state index contributed by atoms with van der Waals surface area (Å²) in [6, 6.07) is 9.26. The first-order chi connectivity index (χ1) is 11.4. The van der Waals surface area contributed by atoms with E-state index in [4.69, 9.17) is 4.74 Å². The summed E-state index contributed by atoms with van der Waals surface area (Å²) in [7, 11) is 0. The van der Waals surface area contributed by atoms with Crippen molar-refractivity contribution < 1.29 is 4.74 Å². The third-order valence-corrected chi connectivity index (χ3v) is 4.91. The van der Waals surface area contributed by atoms with Crippen LogP contribution in [0, 0.1) is 0 Å². The number of aryl methyl sites for hydroxylation is 1. The Balaban J connectivity index is 1.41. The standard InChI is InChI=1S/C18H24N4O/c1-2-4-18(22-7-9-23-10-8-22)14(3-1)12-19-15-5-6-16-17(11-15)21-13-20-16/h1-4,13,15,19H,5-12H2,(H,20,21). The van der Waals surface area contributed by atoms with Crippen molar-refractivity contribution in [2.75, 3.05) is 31.2 Å². The summed E-state index contributed by atoms with van der Waals surface area (Å²) >= 11 is 0. The Morgan fingerprint density at radius 2 is 2.13 bits per heavy atom. The molecule has 2 aliphatic rings. The molecule has 0 spiro atoms. The second-order valence-electron chi connectivity index (χ2n) is 6.38. The molecule has 1 saturated heterocycles. The molecule has 0 bridgehead atoms. The highest BCUT2D eigenvalue weighted by Crippen LogP contribution is 2.23. The molecular weight excluding hydrogens is 288 g/mol. The van der Waals surface area contributed by atoms with Crippen molar-refractivity contribution in [3.8, 4) is 0 Å². The third-order valence-electron chi connectivity index (χ3n) is 4.91. The topological polar surface area (TPSA) is 53.2 Å². The van der Waals surface area contributed by atoms with Gasteiger partial charge in [0.1, 0.15) is 0 Å². The van der Waals surface area contributed by atoms with Gasteiger partial charge >= 0.3 is 0 Å². The van der Waals surface area contributed by atoms with Gasteiger partial charge in [0, 0.05) is 43.5 Å². The quantitative estimate of drug-likeness (QED) is 0.905. The predicted octanol–water partition coefficient (Wildman–Crippen LogP) is 1.89. The van der Waals surface area contributed by atoms with Crippen molar-refractivity contribution >= 4 is 5.69 Å². The fourth-order valence-electron chi connectivity index (χ4n) is 3.60. The predicted molar refractivity (Wildman–Crippen MR) is 90.7 cm³/mol. The van der Waals surface area contributed by atoms with E-state index < -0.39 is 0 Å². The number of ether oxygens (including phenoxy) is 1. The molecule has 1 atom stereocenters. The van der Waals surface area contributed by atoms with Gasteiger partial charge in [-0.3, -0.25) is 0 Å². The van der Waals surface area contributed by atoms with E-state index in [-0.39, 0.29) is 0 Å². The summed E-state index contributed by atoms with van der Waals surface area (Å²) in [6.45, 7) is 4.54. The monoisotopic (exact) mass is 312 g/mol. The number of hydrogen-bond acceptors (Lipinski definition) is 4. The van der Waals surface area contributed by atoms with E-state index in [1.165, 1.54) is 22.6 Å². The minimum absolute atomic E-state index is 0.528. The van der Waals surface area contributed by atoms with Crippen molar-refractivity contribution in [1.82, 2.24) is 15.3 Å². The molecule has 23 heavy (non-hydrogen) atoms. The van der Waals surface area contributed by atoms with Crippen LogP contribution in [-0.4, -0.2) is 42.3 Å². The van der Waals surface area contributed by atoms with Crippen molar-refractivity contribution in [2.45, 2.75) is 31.8 Å². The molecule has 4 rings (SSSR count). The smallest absolute Gasteiger partial charge is 0.0925 e. The summed E-state index contributed by atoms with van der Waals surface area (Å²) in [5.74, 6) is 0. The maximum absolute atomic E-state index is 5.48. The largest absolute Gasteiger partial charge is 0.378 e. The van der Waals surface area contributed by atoms with Gasteiger partial charge in [-0.05, 0) is 24.5 Å². The number of hydrogen-bond donors (Lipinski definition) is 2. The summed E-state index contributed by atoms with van der Waals surface area (Å²) in [4.78, 5) is 10.1. The summed E-state index contributed by atoms with van der Waals surface area (Å²) < 4.78 is 5.48. The molecule has 122 valence electrons. The Morgan fingerprint density at radius 1 is 1.26 bits per heavy atom. The summed E-state index contributed by atoms with van der Waals surface area (Å²) in [6.07, 6.45) is 5.11. The number of benzene rings is 1. The molecular formula is C18H24N4O. The molecule has 2 aromatic rings. The molecule has 2 N–H and O–H groups in total. The lowest BCUT2D eigenvalue weighted by Crippen LogP contribution is -2.38. The molecule has 1 aliphatic carbocycles. The van der Waals surface area contributed by atoms with Crippen LogP contribution >= 0.6 is 0 Å². The van der Waals surface area contributed by atoms with Crippen molar-refractivity contribution in [2.24, 2.45) is 0 Å². The van der Waals surface area contributed by atoms with Crippen molar-refractivity contribution in [3.63, 3.8) is 0 Å². The molecule has 0 radical (unpaired) electrons. The van der Waals surface area contributed by atoms with E-state index in [1.807, 2.05) is 6.33 Å². The first-order valence-electron chi connectivity index (χ1n) is 8.55. The SMILES string of the molecule is c1ccc(N2CCOCC2)c(CNC2CCc3nc[nH]c3C2)c1. The Kier molecular flexibility index (Phi) is 4.30. The number of nitrogens with zero attached hydrogens (tertiary/aromatic N) is 2. The van der Waals surface area contributed by atoms with Crippen LogP contribution in [-0.2, 0) is 24.1 Å². The van der Waals surface area contributed by atoms with Crippen molar-refractivity contribution in [3.05, 3.63) is 47.5 Å². The van der Waals surface area contributed by atoms with Gasteiger partial charge in [0.25, 0.3) is 0 Å². The number of fused-ring (bicyclic) bond motifs is 1. The molecule has 0 amide bonds. The van der Waals surface area contributed by atoms with E-state index in [1.54, 1.807) is 0 Å². The van der Waals surface area contributed by atoms with Crippen LogP contribution in [0.5, 0.6) is 0 Å². The van der Waals surface area contributed by atoms with Gasteiger partial charge < -0.3 is 19.9 Å². The fourth-order valence-corrected chi connectivity index (χ4v) is 3.60. The zero-order valence-corrected chi connectivity index (χ0v) is 13.4. The molecule has 1 aliphatic heterocycles. The zero-order valence-electron chi connectivity index (χ0n) is 13.4. The minimum atomic E-state index is 0.528. The number of imidazole rings is 1. The first-order valence-corrected chi connectivity index (χ1v) is 8.55. The van der Waals surface area contributed by atoms with Gasteiger partial charge in [0.05, 0.1) is 25.2 Å². The lowest BCUT2D eigenvalue weighted by Gasteiger charge is -2.31. The molecule has 5 nitrogen and oxygen atoms in total. The van der Waals surface area contributed by atoms with Gasteiger partial charge in [-0.15, -0.1) is 0 Å². The molecule has 1 fully saturated rings. The number of nitrogens with one attached hydrogen (secondary N) is 2. The summed E-state index contributed by atoms with van der Waals surface area (Å²) in [5.41, 5.74) is 5.28. The van der Waals surface area contributed by atoms with Crippen LogP contribution < -0.4 is 10.2 Å². The first kappa shape index (κ1) is 14.7. The van der Waals surface area contributed by atoms with Crippen LogP contribution in [0.4, 0.5) is 5.69 Å².